The molecule has 0 spiro atoms. The Balaban J connectivity index is 1.98. The van der Waals surface area contributed by atoms with E-state index in [0.29, 0.717) is 0 Å². The quantitative estimate of drug-likeness (QED) is 0.666. The lowest BCUT2D eigenvalue weighted by Crippen LogP contribution is -2.48. The Bertz CT molecular complexity index is 525. The number of rotatable bonds is 2. The molecule has 0 saturated carbocycles. The summed E-state index contributed by atoms with van der Waals surface area (Å²) in [6.07, 6.45) is 10.4. The molecule has 1 aliphatic carbocycles. The highest BCUT2D eigenvalue weighted by Crippen LogP contribution is 2.45. The first-order valence-electron chi connectivity index (χ1n) is 7.98. The van der Waals surface area contributed by atoms with Crippen molar-refractivity contribution in [3.8, 4) is 0 Å². The van der Waals surface area contributed by atoms with E-state index in [0.717, 1.165) is 5.54 Å². The van der Waals surface area contributed by atoms with E-state index in [2.05, 4.69) is 69.3 Å². The van der Waals surface area contributed by atoms with Crippen molar-refractivity contribution in [3.05, 3.63) is 54.1 Å². The largest absolute Gasteiger partial charge is 0.0972 e. The Morgan fingerprint density at radius 2 is 1.65 bits per heavy atom. The molecule has 1 saturated heterocycles. The number of benzene rings is 1. The lowest BCUT2D eigenvalue weighted by Gasteiger charge is -2.32. The highest BCUT2D eigenvalue weighted by atomic mass is 28.3. The molecule has 0 N–H and O–H groups in total. The monoisotopic (exact) mass is 282 g/mol. The molecule has 1 aromatic rings. The zero-order chi connectivity index (χ0) is 14.2. The van der Waals surface area contributed by atoms with Crippen LogP contribution in [0.4, 0.5) is 0 Å². The minimum absolute atomic E-state index is 0.288. The molecule has 20 heavy (non-hydrogen) atoms. The van der Waals surface area contributed by atoms with Crippen molar-refractivity contribution in [1.82, 2.24) is 0 Å². The molecule has 1 atom stereocenters. The minimum atomic E-state index is -1.36. The van der Waals surface area contributed by atoms with Gasteiger partial charge in [-0.05, 0) is 16.5 Å². The fourth-order valence-electron chi connectivity index (χ4n) is 3.95. The highest BCUT2D eigenvalue weighted by Gasteiger charge is 2.44. The Morgan fingerprint density at radius 1 is 1.00 bits per heavy atom. The first kappa shape index (κ1) is 13.9. The Morgan fingerprint density at radius 3 is 2.20 bits per heavy atom. The van der Waals surface area contributed by atoms with E-state index in [1.807, 2.05) is 0 Å². The molecular formula is C19H26Si. The molecule has 1 heteroatoms. The van der Waals surface area contributed by atoms with Crippen LogP contribution in [0.15, 0.2) is 54.1 Å². The normalized spacial score (nSPS) is 24.9. The zero-order valence-electron chi connectivity index (χ0n) is 13.0. The summed E-state index contributed by atoms with van der Waals surface area (Å²) in [6, 6.07) is 14.4. The van der Waals surface area contributed by atoms with Gasteiger partial charge in [0.15, 0.2) is 0 Å². The molecule has 0 nitrogen and oxygen atoms in total. The van der Waals surface area contributed by atoms with Crippen LogP contribution >= 0.6 is 0 Å². The van der Waals surface area contributed by atoms with E-state index in [-0.39, 0.29) is 5.41 Å². The minimum Gasteiger partial charge on any atom is -0.0797 e. The van der Waals surface area contributed by atoms with Crippen LogP contribution in [0.5, 0.6) is 0 Å². The van der Waals surface area contributed by atoms with Crippen molar-refractivity contribution in [2.24, 2.45) is 5.41 Å². The Hall–Kier alpha value is -1.08. The first-order chi connectivity index (χ1) is 9.52. The summed E-state index contributed by atoms with van der Waals surface area (Å²) in [5, 5.41) is 1.68. The van der Waals surface area contributed by atoms with Crippen molar-refractivity contribution in [3.63, 3.8) is 0 Å². The van der Waals surface area contributed by atoms with Gasteiger partial charge in [0.05, 0.1) is 8.07 Å². The van der Waals surface area contributed by atoms with Gasteiger partial charge in [0.25, 0.3) is 0 Å². The molecule has 1 unspecified atom stereocenters. The van der Waals surface area contributed by atoms with E-state index >= 15 is 0 Å². The maximum Gasteiger partial charge on any atom is 0.0972 e. The van der Waals surface area contributed by atoms with Crippen LogP contribution in [0.25, 0.3) is 0 Å². The second kappa shape index (κ2) is 5.03. The van der Waals surface area contributed by atoms with E-state index in [1.165, 1.54) is 30.5 Å². The number of hydrogen-bond donors (Lipinski definition) is 0. The van der Waals surface area contributed by atoms with E-state index in [1.54, 1.807) is 5.19 Å². The summed E-state index contributed by atoms with van der Waals surface area (Å²) in [7, 11) is -1.36. The molecule has 1 fully saturated rings. The van der Waals surface area contributed by atoms with Crippen molar-refractivity contribution in [2.75, 3.05) is 0 Å². The highest BCUT2D eigenvalue weighted by molar-refractivity contribution is 6.94. The van der Waals surface area contributed by atoms with Crippen LogP contribution in [0.1, 0.15) is 33.6 Å². The molecular weight excluding hydrogens is 256 g/mol. The standard InChI is InChI=1S/C19H26Si/c1-19(2,3)16-11-12-18(15-16)20(13-7-8-14-20)17-9-5-4-6-10-17/h4-6,9-12,15,18H,7-8,13-14H2,1-3H3. The van der Waals surface area contributed by atoms with Gasteiger partial charge >= 0.3 is 0 Å². The lowest BCUT2D eigenvalue weighted by molar-refractivity contribution is 0.518. The van der Waals surface area contributed by atoms with Crippen molar-refractivity contribution < 1.29 is 0 Å². The van der Waals surface area contributed by atoms with E-state index in [9.17, 15) is 0 Å². The summed E-state index contributed by atoms with van der Waals surface area (Å²) in [4.78, 5) is 0. The molecule has 2 aliphatic rings. The number of allylic oxidation sites excluding steroid dienone is 4. The SMILES string of the molecule is CC(C)(C)C1=CC([Si]2(c3ccccc3)CCCC2)C=C1. The van der Waals surface area contributed by atoms with Crippen LogP contribution < -0.4 is 5.19 Å². The van der Waals surface area contributed by atoms with E-state index in [4.69, 9.17) is 0 Å². The smallest absolute Gasteiger partial charge is 0.0797 e. The first-order valence-corrected chi connectivity index (χ1v) is 10.5. The summed E-state index contributed by atoms with van der Waals surface area (Å²) in [5.74, 6) is 0. The second-order valence-electron chi connectivity index (χ2n) is 7.49. The van der Waals surface area contributed by atoms with E-state index < -0.39 is 8.07 Å². The van der Waals surface area contributed by atoms with Crippen LogP contribution in [0.3, 0.4) is 0 Å². The van der Waals surface area contributed by atoms with Gasteiger partial charge in [0, 0.05) is 0 Å². The maximum atomic E-state index is 2.60. The lowest BCUT2D eigenvalue weighted by atomic mass is 9.87. The number of hydrogen-bond acceptors (Lipinski definition) is 0. The van der Waals surface area contributed by atoms with Gasteiger partial charge in [-0.3, -0.25) is 0 Å². The van der Waals surface area contributed by atoms with Gasteiger partial charge in [0.1, 0.15) is 0 Å². The molecule has 3 rings (SSSR count). The van der Waals surface area contributed by atoms with Gasteiger partial charge in [-0.15, -0.1) is 0 Å². The zero-order valence-corrected chi connectivity index (χ0v) is 14.0. The average molecular weight is 283 g/mol. The fraction of sp³-hybridized carbons (Fsp3) is 0.474. The van der Waals surface area contributed by atoms with Gasteiger partial charge in [-0.1, -0.05) is 99.4 Å². The predicted octanol–water partition coefficient (Wildman–Crippen LogP) is 5.05. The van der Waals surface area contributed by atoms with Gasteiger partial charge in [0.2, 0.25) is 0 Å². The molecule has 1 aromatic carbocycles. The summed E-state index contributed by atoms with van der Waals surface area (Å²) < 4.78 is 0. The Labute approximate surface area is 124 Å². The molecule has 0 aromatic heterocycles. The molecule has 0 amide bonds. The van der Waals surface area contributed by atoms with Gasteiger partial charge in [-0.25, -0.2) is 0 Å². The van der Waals surface area contributed by atoms with Crippen LogP contribution in [-0.2, 0) is 0 Å². The topological polar surface area (TPSA) is 0 Å². The predicted molar refractivity (Wildman–Crippen MR) is 91.1 cm³/mol. The van der Waals surface area contributed by atoms with Gasteiger partial charge in [-0.2, -0.15) is 0 Å². The van der Waals surface area contributed by atoms with Crippen molar-refractivity contribution in [2.45, 2.75) is 51.2 Å². The second-order valence-corrected chi connectivity index (χ2v) is 12.0. The fourth-order valence-corrected chi connectivity index (χ4v) is 9.41. The average Bonchev–Trinajstić information content (AvgIpc) is 3.09. The molecule has 0 radical (unpaired) electrons. The Kier molecular flexibility index (Phi) is 3.49. The molecule has 0 bridgehead atoms. The summed E-state index contributed by atoms with van der Waals surface area (Å²) in [5.41, 5.74) is 2.55. The molecule has 1 heterocycles. The molecule has 106 valence electrons. The van der Waals surface area contributed by atoms with Crippen LogP contribution in [0.2, 0.25) is 17.6 Å². The van der Waals surface area contributed by atoms with Crippen LogP contribution in [0, 0.1) is 5.41 Å². The molecule has 1 aliphatic heterocycles. The maximum absolute atomic E-state index is 2.60. The summed E-state index contributed by atoms with van der Waals surface area (Å²) >= 11 is 0. The summed E-state index contributed by atoms with van der Waals surface area (Å²) in [6.45, 7) is 6.99. The van der Waals surface area contributed by atoms with Crippen LogP contribution in [-0.4, -0.2) is 8.07 Å². The third-order valence-corrected chi connectivity index (χ3v) is 10.8. The van der Waals surface area contributed by atoms with Crippen molar-refractivity contribution >= 4 is 13.3 Å². The van der Waals surface area contributed by atoms with Gasteiger partial charge < -0.3 is 0 Å². The van der Waals surface area contributed by atoms with Crippen molar-refractivity contribution in [1.29, 1.82) is 0 Å². The third-order valence-electron chi connectivity index (χ3n) is 5.19. The third kappa shape index (κ3) is 2.33.